The Kier molecular flexibility index (Phi) is 20.5. The van der Waals surface area contributed by atoms with Crippen molar-refractivity contribution in [3.8, 4) is 22.5 Å². The minimum absolute atomic E-state index is 0.261. The maximum Gasteiger partial charge on any atom is 0.490 e. The Morgan fingerprint density at radius 3 is 1.27 bits per heavy atom. The van der Waals surface area contributed by atoms with Gasteiger partial charge in [-0.2, -0.15) is 0 Å². The molecule has 0 spiro atoms. The number of hydrogen-bond acceptors (Lipinski definition) is 19. The molecule has 21 nitrogen and oxygen atoms in total. The molecule has 9 heterocycles. The first-order chi connectivity index (χ1) is 35.7. The SMILES string of the molecule is CC(C)(C)OC(=O)N1CCN(c2cncc(Cl)n2)CC1.Cc1ccc(-c2cncc(N3CCN(C(=O)OC(C)(C)C)CC3)n2)cn1.Cc1ccc(-c2cncc(N3CCNCC3)n2)cn1.Cc1ccc(B(O)O)cn1. The van der Waals surface area contributed by atoms with Crippen LogP contribution in [0.4, 0.5) is 27.0 Å². The number of halogens is 1. The van der Waals surface area contributed by atoms with Gasteiger partial charge in [0.2, 0.25) is 0 Å². The molecule has 0 radical (unpaired) electrons. The van der Waals surface area contributed by atoms with E-state index in [0.29, 0.717) is 63.0 Å². The van der Waals surface area contributed by atoms with E-state index in [1.165, 1.54) is 12.4 Å². The van der Waals surface area contributed by atoms with E-state index >= 15 is 0 Å². The van der Waals surface area contributed by atoms with Crippen molar-refractivity contribution in [2.45, 2.75) is 73.5 Å². The summed E-state index contributed by atoms with van der Waals surface area (Å²) < 4.78 is 10.8. The molecule has 0 aromatic carbocycles. The molecule has 3 aliphatic rings. The van der Waals surface area contributed by atoms with Gasteiger partial charge in [-0.15, -0.1) is 0 Å². The van der Waals surface area contributed by atoms with Crippen molar-refractivity contribution in [2.75, 3.05) is 93.2 Å². The van der Waals surface area contributed by atoms with Gasteiger partial charge in [0.25, 0.3) is 0 Å². The number of aromatic nitrogens is 9. The average Bonchev–Trinajstić information content (AvgIpc) is 3.39. The van der Waals surface area contributed by atoms with Gasteiger partial charge in [0.15, 0.2) is 0 Å². The van der Waals surface area contributed by atoms with Crippen LogP contribution in [0.15, 0.2) is 92.2 Å². The lowest BCUT2D eigenvalue weighted by atomic mass is 9.82. The molecule has 3 saturated heterocycles. The quantitative estimate of drug-likeness (QED) is 0.177. The maximum absolute atomic E-state index is 12.2. The van der Waals surface area contributed by atoms with Crippen molar-refractivity contribution < 1.29 is 29.1 Å². The van der Waals surface area contributed by atoms with Gasteiger partial charge in [-0.25, -0.2) is 24.5 Å². The van der Waals surface area contributed by atoms with Crippen LogP contribution in [0, 0.1) is 20.8 Å². The second kappa shape index (κ2) is 26.9. The summed E-state index contributed by atoms with van der Waals surface area (Å²) in [6, 6.07) is 11.4. The van der Waals surface area contributed by atoms with Crippen LogP contribution in [0.3, 0.4) is 0 Å². The second-order valence-electron chi connectivity index (χ2n) is 19.9. The fraction of sp³-hybridized carbons (Fsp3) is 0.442. The first-order valence-electron chi connectivity index (χ1n) is 24.9. The molecule has 3 fully saturated rings. The lowest BCUT2D eigenvalue weighted by Crippen LogP contribution is -2.50. The number of nitrogens with one attached hydrogen (secondary N) is 1. The number of ether oxygens (including phenoxy) is 2. The highest BCUT2D eigenvalue weighted by molar-refractivity contribution is 6.58. The van der Waals surface area contributed by atoms with E-state index in [2.05, 4.69) is 54.9 Å². The largest absolute Gasteiger partial charge is 0.490 e. The third-order valence-corrected chi connectivity index (χ3v) is 11.6. The van der Waals surface area contributed by atoms with Crippen molar-refractivity contribution in [1.29, 1.82) is 0 Å². The molecular formula is C52H69BClN15O6. The molecule has 3 aliphatic heterocycles. The molecule has 0 aliphatic carbocycles. The third kappa shape index (κ3) is 18.6. The molecule has 2 amide bonds. The predicted molar refractivity (Wildman–Crippen MR) is 291 cm³/mol. The number of pyridine rings is 3. The topological polar surface area (TPSA) is 237 Å². The van der Waals surface area contributed by atoms with Gasteiger partial charge in [-0.05, 0) is 92.6 Å². The summed E-state index contributed by atoms with van der Waals surface area (Å²) in [5.41, 5.74) is 5.95. The van der Waals surface area contributed by atoms with Crippen LogP contribution in [-0.2, 0) is 9.47 Å². The number of rotatable bonds is 6. The Hall–Kier alpha value is -7.14. The van der Waals surface area contributed by atoms with E-state index in [9.17, 15) is 9.59 Å². The van der Waals surface area contributed by atoms with Crippen LogP contribution in [0.2, 0.25) is 5.15 Å². The highest BCUT2D eigenvalue weighted by Crippen LogP contribution is 2.22. The molecule has 75 heavy (non-hydrogen) atoms. The molecule has 398 valence electrons. The van der Waals surface area contributed by atoms with Crippen LogP contribution in [0.5, 0.6) is 0 Å². The summed E-state index contributed by atoms with van der Waals surface area (Å²) >= 11 is 5.83. The van der Waals surface area contributed by atoms with E-state index in [-0.39, 0.29) is 12.2 Å². The smallest absolute Gasteiger partial charge is 0.444 e. The number of amides is 2. The van der Waals surface area contributed by atoms with Crippen LogP contribution in [0.1, 0.15) is 58.6 Å². The van der Waals surface area contributed by atoms with E-state index < -0.39 is 18.3 Å². The summed E-state index contributed by atoms with van der Waals surface area (Å²) in [6.45, 7) is 26.1. The average molecular weight is 1050 g/mol. The molecular weight excluding hydrogens is 977 g/mol. The number of carbonyl (C=O) groups is 2. The van der Waals surface area contributed by atoms with Crippen LogP contribution >= 0.6 is 11.6 Å². The normalized spacial score (nSPS) is 14.7. The van der Waals surface area contributed by atoms with Crippen LogP contribution in [0.25, 0.3) is 22.5 Å². The summed E-state index contributed by atoms with van der Waals surface area (Å²) in [5.74, 6) is 2.49. The van der Waals surface area contributed by atoms with E-state index in [0.717, 1.165) is 83.2 Å². The van der Waals surface area contributed by atoms with Crippen molar-refractivity contribution in [3.63, 3.8) is 0 Å². The van der Waals surface area contributed by atoms with E-state index in [1.807, 2.05) is 105 Å². The minimum Gasteiger partial charge on any atom is -0.444 e. The highest BCUT2D eigenvalue weighted by atomic mass is 35.5. The summed E-state index contributed by atoms with van der Waals surface area (Å²) in [5, 5.41) is 21.0. The summed E-state index contributed by atoms with van der Waals surface area (Å²) in [6.07, 6.45) is 14.9. The third-order valence-electron chi connectivity index (χ3n) is 11.4. The maximum atomic E-state index is 12.2. The Morgan fingerprint density at radius 1 is 0.520 bits per heavy atom. The van der Waals surface area contributed by atoms with Crippen molar-refractivity contribution in [1.82, 2.24) is 60.0 Å². The van der Waals surface area contributed by atoms with Crippen LogP contribution in [-0.4, -0.2) is 174 Å². The lowest BCUT2D eigenvalue weighted by molar-refractivity contribution is 0.0230. The zero-order valence-electron chi connectivity index (χ0n) is 44.4. The summed E-state index contributed by atoms with van der Waals surface area (Å²) in [7, 11) is -1.41. The van der Waals surface area contributed by atoms with Crippen molar-refractivity contribution in [3.05, 3.63) is 114 Å². The Labute approximate surface area is 445 Å². The highest BCUT2D eigenvalue weighted by Gasteiger charge is 2.28. The van der Waals surface area contributed by atoms with Gasteiger partial charge in [-0.3, -0.25) is 29.9 Å². The zero-order valence-corrected chi connectivity index (χ0v) is 45.1. The zero-order chi connectivity index (χ0) is 54.1. The Balaban J connectivity index is 0.000000169. The van der Waals surface area contributed by atoms with Gasteiger partial charge in [0, 0.05) is 131 Å². The molecule has 9 rings (SSSR count). The fourth-order valence-electron chi connectivity index (χ4n) is 7.43. The summed E-state index contributed by atoms with van der Waals surface area (Å²) in [4.78, 5) is 72.8. The number of nitrogens with zero attached hydrogens (tertiary/aromatic N) is 14. The first kappa shape index (κ1) is 57.1. The number of hydrogen-bond donors (Lipinski definition) is 3. The Bertz CT molecular complexity index is 2730. The lowest BCUT2D eigenvalue weighted by Gasteiger charge is -2.36. The van der Waals surface area contributed by atoms with Crippen molar-refractivity contribution >= 4 is 53.8 Å². The van der Waals surface area contributed by atoms with Gasteiger partial charge in [-0.1, -0.05) is 17.7 Å². The van der Waals surface area contributed by atoms with Gasteiger partial charge < -0.3 is 49.3 Å². The number of anilines is 3. The fourth-order valence-corrected chi connectivity index (χ4v) is 7.58. The molecule has 6 aromatic rings. The molecule has 3 N–H and O–H groups in total. The molecule has 0 unspecified atom stereocenters. The molecule has 6 aromatic heterocycles. The van der Waals surface area contributed by atoms with Gasteiger partial charge >= 0.3 is 19.3 Å². The second-order valence-corrected chi connectivity index (χ2v) is 20.2. The monoisotopic (exact) mass is 1050 g/mol. The van der Waals surface area contributed by atoms with E-state index in [1.54, 1.807) is 46.7 Å². The molecule has 0 bridgehead atoms. The Morgan fingerprint density at radius 2 is 0.907 bits per heavy atom. The van der Waals surface area contributed by atoms with E-state index in [4.69, 9.17) is 41.1 Å². The molecule has 0 saturated carbocycles. The van der Waals surface area contributed by atoms with Gasteiger partial charge in [0.05, 0.1) is 48.6 Å². The number of aryl methyl sites for hydroxylation is 3. The minimum atomic E-state index is -1.41. The standard InChI is InChI=1S/C19H25N5O2.C14H17N5.C13H19ClN4O2.C6H8BNO2/c1-14-5-6-15(11-21-14)16-12-20-13-17(22-16)23-7-9-24(10-8-23)18(25)26-19(2,3)4;1-11-2-3-12(8-17-11)13-9-16-10-14(18-13)19-6-4-15-5-7-19;1-13(2,3)20-12(19)18-6-4-17(5-7-18)11-9-15-8-10(14)16-11;1-5-2-3-6(4-8-5)7(9)10/h5-6,11-13H,7-10H2,1-4H3;2-3,8-10,15H,4-7H2,1H3;8-9H,4-7H2,1-3H3;2-4,9-10H,1H3. The molecule has 0 atom stereocenters. The first-order valence-corrected chi connectivity index (χ1v) is 25.3. The van der Waals surface area contributed by atoms with Crippen molar-refractivity contribution in [2.24, 2.45) is 0 Å². The van der Waals surface area contributed by atoms with Crippen LogP contribution < -0.4 is 25.5 Å². The number of piperazine rings is 3. The molecule has 23 heteroatoms. The predicted octanol–water partition coefficient (Wildman–Crippen LogP) is 5.42. The number of carbonyl (C=O) groups excluding carboxylic acids is 2. The van der Waals surface area contributed by atoms with Gasteiger partial charge in [0.1, 0.15) is 33.8 Å².